The Morgan fingerprint density at radius 1 is 1.21 bits per heavy atom. The van der Waals surface area contributed by atoms with Gasteiger partial charge in [0.05, 0.1) is 6.42 Å². The van der Waals surface area contributed by atoms with Crippen molar-refractivity contribution in [3.63, 3.8) is 0 Å². The molecule has 3 aromatic rings. The van der Waals surface area contributed by atoms with E-state index < -0.39 is 0 Å². The smallest absolute Gasteiger partial charge is 0.227 e. The molecule has 0 bridgehead atoms. The van der Waals surface area contributed by atoms with E-state index in [1.165, 1.54) is 12.1 Å². The molecule has 1 saturated heterocycles. The minimum absolute atomic E-state index is 0.0836. The highest BCUT2D eigenvalue weighted by molar-refractivity contribution is 5.79. The van der Waals surface area contributed by atoms with Gasteiger partial charge in [-0.25, -0.2) is 14.4 Å². The summed E-state index contributed by atoms with van der Waals surface area (Å²) in [5, 5.41) is 0. The van der Waals surface area contributed by atoms with Crippen molar-refractivity contribution in [2.24, 2.45) is 0 Å². The van der Waals surface area contributed by atoms with Crippen LogP contribution in [0.15, 0.2) is 54.9 Å². The van der Waals surface area contributed by atoms with Crippen LogP contribution in [0.2, 0.25) is 0 Å². The van der Waals surface area contributed by atoms with Crippen molar-refractivity contribution < 1.29 is 9.18 Å². The quantitative estimate of drug-likeness (QED) is 0.661. The number of aromatic nitrogens is 3. The summed E-state index contributed by atoms with van der Waals surface area (Å²) in [5.74, 6) is 1.87. The summed E-state index contributed by atoms with van der Waals surface area (Å²) < 4.78 is 15.1. The van der Waals surface area contributed by atoms with Crippen LogP contribution >= 0.6 is 0 Å². The molecule has 0 spiro atoms. The minimum Gasteiger partial charge on any atom is -0.342 e. The van der Waals surface area contributed by atoms with Gasteiger partial charge in [0.25, 0.3) is 0 Å². The largest absolute Gasteiger partial charge is 0.342 e. The predicted molar refractivity (Wildman–Crippen MR) is 109 cm³/mol. The van der Waals surface area contributed by atoms with Crippen LogP contribution in [0.5, 0.6) is 0 Å². The van der Waals surface area contributed by atoms with Crippen molar-refractivity contribution in [1.29, 1.82) is 0 Å². The lowest BCUT2D eigenvalue weighted by Gasteiger charge is -2.32. The molecule has 1 atom stereocenters. The van der Waals surface area contributed by atoms with Gasteiger partial charge in [0.15, 0.2) is 0 Å². The van der Waals surface area contributed by atoms with E-state index in [4.69, 9.17) is 4.98 Å². The summed E-state index contributed by atoms with van der Waals surface area (Å²) in [6, 6.07) is 12.2. The summed E-state index contributed by atoms with van der Waals surface area (Å²) in [6.45, 7) is 3.51. The zero-order valence-electron chi connectivity index (χ0n) is 16.6. The van der Waals surface area contributed by atoms with Crippen LogP contribution < -0.4 is 0 Å². The second-order valence-electron chi connectivity index (χ2n) is 7.47. The number of benzene rings is 1. The van der Waals surface area contributed by atoms with E-state index in [1.54, 1.807) is 18.3 Å². The summed E-state index contributed by atoms with van der Waals surface area (Å²) in [4.78, 5) is 23.9. The predicted octanol–water partition coefficient (Wildman–Crippen LogP) is 3.92. The molecule has 6 heteroatoms. The number of pyridine rings is 1. The van der Waals surface area contributed by atoms with Gasteiger partial charge in [-0.05, 0) is 42.7 Å². The van der Waals surface area contributed by atoms with Gasteiger partial charge in [-0.1, -0.05) is 25.1 Å². The maximum Gasteiger partial charge on any atom is 0.227 e. The number of nitrogens with zero attached hydrogens (tertiary/aromatic N) is 4. The molecular weight excluding hydrogens is 367 g/mol. The molecular formula is C23H25FN4O. The van der Waals surface area contributed by atoms with Crippen LogP contribution in [0.3, 0.4) is 0 Å². The maximum absolute atomic E-state index is 13.1. The summed E-state index contributed by atoms with van der Waals surface area (Å²) in [6.07, 6.45) is 6.84. The third kappa shape index (κ3) is 4.36. The van der Waals surface area contributed by atoms with Gasteiger partial charge >= 0.3 is 0 Å². The highest BCUT2D eigenvalue weighted by Gasteiger charge is 2.26. The number of rotatable bonds is 5. The Morgan fingerprint density at radius 2 is 2.03 bits per heavy atom. The Balaban J connectivity index is 1.47. The van der Waals surface area contributed by atoms with E-state index in [1.807, 2.05) is 33.9 Å². The first-order valence-corrected chi connectivity index (χ1v) is 10.2. The van der Waals surface area contributed by atoms with Gasteiger partial charge in [-0.3, -0.25) is 9.36 Å². The molecule has 1 amide bonds. The van der Waals surface area contributed by atoms with E-state index in [2.05, 4.69) is 11.9 Å². The van der Waals surface area contributed by atoms with E-state index in [0.717, 1.165) is 48.7 Å². The summed E-state index contributed by atoms with van der Waals surface area (Å²) in [7, 11) is 0. The lowest BCUT2D eigenvalue weighted by atomic mass is 9.93. The molecule has 1 unspecified atom stereocenters. The van der Waals surface area contributed by atoms with Crippen molar-refractivity contribution in [2.45, 2.75) is 38.5 Å². The maximum atomic E-state index is 13.1. The third-order valence-electron chi connectivity index (χ3n) is 5.50. The van der Waals surface area contributed by atoms with Gasteiger partial charge in [-0.15, -0.1) is 0 Å². The fourth-order valence-electron chi connectivity index (χ4n) is 3.94. The van der Waals surface area contributed by atoms with Crippen LogP contribution in [0.1, 0.15) is 42.8 Å². The molecule has 150 valence electrons. The first-order valence-electron chi connectivity index (χ1n) is 10.2. The molecule has 1 aliphatic rings. The van der Waals surface area contributed by atoms with E-state index in [9.17, 15) is 9.18 Å². The van der Waals surface area contributed by atoms with E-state index >= 15 is 0 Å². The van der Waals surface area contributed by atoms with Gasteiger partial charge in [0, 0.05) is 43.5 Å². The topological polar surface area (TPSA) is 51.0 Å². The molecule has 0 N–H and O–H groups in total. The third-order valence-corrected chi connectivity index (χ3v) is 5.50. The first-order chi connectivity index (χ1) is 14.1. The number of halogens is 1. The highest BCUT2D eigenvalue weighted by atomic mass is 19.1. The van der Waals surface area contributed by atoms with Crippen molar-refractivity contribution in [2.75, 3.05) is 13.1 Å². The molecule has 29 heavy (non-hydrogen) atoms. The van der Waals surface area contributed by atoms with Gasteiger partial charge in [-0.2, -0.15) is 0 Å². The SMILES string of the molecule is CCc1nccn1-c1cccc(C2CCCN(C(=O)Cc3ccc(F)cc3)C2)n1. The monoisotopic (exact) mass is 392 g/mol. The average molecular weight is 392 g/mol. The zero-order valence-corrected chi connectivity index (χ0v) is 16.6. The second kappa shape index (κ2) is 8.55. The molecule has 2 aromatic heterocycles. The number of aryl methyl sites for hydroxylation is 1. The summed E-state index contributed by atoms with van der Waals surface area (Å²) in [5.41, 5.74) is 1.85. The lowest BCUT2D eigenvalue weighted by molar-refractivity contribution is -0.131. The number of hydrogen-bond acceptors (Lipinski definition) is 3. The Kier molecular flexibility index (Phi) is 5.69. The molecule has 1 fully saturated rings. The summed E-state index contributed by atoms with van der Waals surface area (Å²) >= 11 is 0. The second-order valence-corrected chi connectivity index (χ2v) is 7.47. The molecule has 1 aromatic carbocycles. The van der Waals surface area contributed by atoms with E-state index in [0.29, 0.717) is 13.0 Å². The molecule has 0 radical (unpaired) electrons. The number of carbonyl (C=O) groups is 1. The Hall–Kier alpha value is -3.02. The Labute approximate surface area is 170 Å². The minimum atomic E-state index is -0.283. The van der Waals surface area contributed by atoms with Crippen LogP contribution in [-0.2, 0) is 17.6 Å². The van der Waals surface area contributed by atoms with Gasteiger partial charge < -0.3 is 4.90 Å². The standard InChI is InChI=1S/C23H25FN4O/c1-2-21-25-12-14-28(21)22-7-3-6-20(26-22)18-5-4-13-27(16-18)23(29)15-17-8-10-19(24)11-9-17/h3,6-12,14,18H,2,4-5,13,15-16H2,1H3. The van der Waals surface area contributed by atoms with Crippen molar-refractivity contribution in [1.82, 2.24) is 19.4 Å². The first kappa shape index (κ1) is 19.3. The Bertz CT molecular complexity index is 983. The number of hydrogen-bond donors (Lipinski definition) is 0. The molecule has 4 rings (SSSR count). The molecule has 5 nitrogen and oxygen atoms in total. The van der Waals surface area contributed by atoms with Crippen molar-refractivity contribution in [3.05, 3.63) is 77.8 Å². The van der Waals surface area contributed by atoms with Crippen LogP contribution in [-0.4, -0.2) is 38.4 Å². The molecule has 0 saturated carbocycles. The van der Waals surface area contributed by atoms with E-state index in [-0.39, 0.29) is 17.6 Å². The number of likely N-dealkylation sites (tertiary alicyclic amines) is 1. The fraction of sp³-hybridized carbons (Fsp3) is 0.348. The van der Waals surface area contributed by atoms with Crippen molar-refractivity contribution >= 4 is 5.91 Å². The zero-order chi connectivity index (χ0) is 20.2. The number of imidazole rings is 1. The Morgan fingerprint density at radius 3 is 2.83 bits per heavy atom. The van der Waals surface area contributed by atoms with Crippen LogP contribution in [0.4, 0.5) is 4.39 Å². The molecule has 3 heterocycles. The number of amides is 1. The average Bonchev–Trinajstić information content (AvgIpc) is 3.24. The van der Waals surface area contributed by atoms with Crippen molar-refractivity contribution in [3.8, 4) is 5.82 Å². The number of carbonyl (C=O) groups excluding carboxylic acids is 1. The normalized spacial score (nSPS) is 16.8. The highest BCUT2D eigenvalue weighted by Crippen LogP contribution is 2.27. The fourth-order valence-corrected chi connectivity index (χ4v) is 3.94. The molecule has 0 aliphatic carbocycles. The van der Waals surface area contributed by atoms with Crippen LogP contribution in [0, 0.1) is 5.82 Å². The lowest BCUT2D eigenvalue weighted by Crippen LogP contribution is -2.40. The van der Waals surface area contributed by atoms with Gasteiger partial charge in [0.1, 0.15) is 17.5 Å². The molecule has 1 aliphatic heterocycles. The number of piperidine rings is 1. The van der Waals surface area contributed by atoms with Crippen LogP contribution in [0.25, 0.3) is 5.82 Å². The van der Waals surface area contributed by atoms with Gasteiger partial charge in [0.2, 0.25) is 5.91 Å².